The Bertz CT molecular complexity index is 688. The topological polar surface area (TPSA) is 50.4 Å². The van der Waals surface area contributed by atoms with Gasteiger partial charge in [-0.3, -0.25) is 4.79 Å². The summed E-state index contributed by atoms with van der Waals surface area (Å²) in [5, 5.41) is 6.22. The van der Waals surface area contributed by atoms with Crippen LogP contribution in [0.2, 0.25) is 0 Å². The van der Waals surface area contributed by atoms with Gasteiger partial charge in [0.25, 0.3) is 5.91 Å². The van der Waals surface area contributed by atoms with Crippen molar-refractivity contribution in [3.63, 3.8) is 0 Å². The van der Waals surface area contributed by atoms with E-state index < -0.39 is 6.04 Å². The van der Waals surface area contributed by atoms with Crippen molar-refractivity contribution in [3.05, 3.63) is 58.1 Å². The maximum Gasteiger partial charge on any atom is 0.251 e. The van der Waals surface area contributed by atoms with Crippen molar-refractivity contribution in [2.45, 2.75) is 12.6 Å². The number of halogens is 1. The molecule has 0 saturated heterocycles. The quantitative estimate of drug-likeness (QED) is 0.887. The molecule has 1 unspecified atom stereocenters. The lowest BCUT2D eigenvalue weighted by molar-refractivity contribution is -0.116. The fourth-order valence-electron chi connectivity index (χ4n) is 2.51. The highest BCUT2D eigenvalue weighted by Crippen LogP contribution is 2.38. The molecule has 1 atom stereocenters. The van der Waals surface area contributed by atoms with Crippen LogP contribution in [0.25, 0.3) is 0 Å². The fourth-order valence-corrected chi connectivity index (χ4v) is 3.11. The Morgan fingerprint density at radius 3 is 2.86 bits per heavy atom. The molecule has 0 radical (unpaired) electrons. The third kappa shape index (κ3) is 2.66. The summed E-state index contributed by atoms with van der Waals surface area (Å²) in [5.74, 6) is -0.0517. The SMILES string of the molecule is COCc1ccccc1NC1C(=O)Nc2cccc(Br)c21. The van der Waals surface area contributed by atoms with Crippen LogP contribution >= 0.6 is 15.9 Å². The molecule has 1 amide bonds. The molecule has 21 heavy (non-hydrogen) atoms. The van der Waals surface area contributed by atoms with Crippen LogP contribution in [0.3, 0.4) is 0 Å². The molecule has 0 aliphatic carbocycles. The Morgan fingerprint density at radius 1 is 1.24 bits per heavy atom. The van der Waals surface area contributed by atoms with Crippen molar-refractivity contribution in [1.29, 1.82) is 0 Å². The lowest BCUT2D eigenvalue weighted by Gasteiger charge is -2.17. The van der Waals surface area contributed by atoms with Gasteiger partial charge in [-0.15, -0.1) is 0 Å². The normalized spacial score (nSPS) is 16.5. The number of ether oxygens (including phenoxy) is 1. The third-order valence-electron chi connectivity index (χ3n) is 3.48. The average molecular weight is 347 g/mol. The van der Waals surface area contributed by atoms with E-state index in [-0.39, 0.29) is 5.91 Å². The van der Waals surface area contributed by atoms with Crippen molar-refractivity contribution >= 4 is 33.2 Å². The molecule has 0 spiro atoms. The van der Waals surface area contributed by atoms with E-state index in [2.05, 4.69) is 26.6 Å². The highest BCUT2D eigenvalue weighted by molar-refractivity contribution is 9.10. The predicted octanol–water partition coefficient (Wildman–Crippen LogP) is 3.70. The van der Waals surface area contributed by atoms with Gasteiger partial charge in [0.15, 0.2) is 0 Å². The number of anilines is 2. The van der Waals surface area contributed by atoms with Crippen LogP contribution in [0.15, 0.2) is 46.9 Å². The van der Waals surface area contributed by atoms with Gasteiger partial charge in [0.2, 0.25) is 0 Å². The Hall–Kier alpha value is -1.85. The minimum Gasteiger partial charge on any atom is -0.380 e. The zero-order chi connectivity index (χ0) is 14.8. The molecule has 0 saturated carbocycles. The first kappa shape index (κ1) is 14.1. The summed E-state index contributed by atoms with van der Waals surface area (Å²) in [4.78, 5) is 12.2. The van der Waals surface area contributed by atoms with Crippen LogP contribution in [0.5, 0.6) is 0 Å². The molecule has 2 aromatic carbocycles. The minimum atomic E-state index is -0.409. The first-order valence-corrected chi connectivity index (χ1v) is 7.42. The van der Waals surface area contributed by atoms with Crippen LogP contribution in [0, 0.1) is 0 Å². The number of benzene rings is 2. The highest BCUT2D eigenvalue weighted by atomic mass is 79.9. The largest absolute Gasteiger partial charge is 0.380 e. The molecular weight excluding hydrogens is 332 g/mol. The molecular formula is C16H15BrN2O2. The minimum absolute atomic E-state index is 0.0517. The van der Waals surface area contributed by atoms with Crippen LogP contribution < -0.4 is 10.6 Å². The van der Waals surface area contributed by atoms with Gasteiger partial charge in [0.05, 0.1) is 6.61 Å². The van der Waals surface area contributed by atoms with Gasteiger partial charge >= 0.3 is 0 Å². The molecule has 1 aliphatic heterocycles. The molecule has 0 aromatic heterocycles. The second kappa shape index (κ2) is 5.87. The van der Waals surface area contributed by atoms with Gasteiger partial charge in [0.1, 0.15) is 6.04 Å². The van der Waals surface area contributed by atoms with E-state index in [1.54, 1.807) is 7.11 Å². The Kier molecular flexibility index (Phi) is 3.94. The molecule has 0 fully saturated rings. The molecule has 2 N–H and O–H groups in total. The van der Waals surface area contributed by atoms with Gasteiger partial charge in [-0.25, -0.2) is 0 Å². The van der Waals surface area contributed by atoms with Gasteiger partial charge < -0.3 is 15.4 Å². The molecule has 3 rings (SSSR count). The zero-order valence-corrected chi connectivity index (χ0v) is 13.1. The first-order valence-electron chi connectivity index (χ1n) is 6.63. The average Bonchev–Trinajstić information content (AvgIpc) is 2.79. The lowest BCUT2D eigenvalue weighted by Crippen LogP contribution is -2.20. The number of amides is 1. The molecule has 1 aliphatic rings. The van der Waals surface area contributed by atoms with Crippen molar-refractivity contribution in [1.82, 2.24) is 0 Å². The lowest BCUT2D eigenvalue weighted by atomic mass is 10.1. The number of rotatable bonds is 4. The molecule has 5 heteroatoms. The summed E-state index contributed by atoms with van der Waals surface area (Å²) in [5.41, 5.74) is 3.71. The summed E-state index contributed by atoms with van der Waals surface area (Å²) in [6.07, 6.45) is 0. The van der Waals surface area contributed by atoms with Crippen LogP contribution in [0.1, 0.15) is 17.2 Å². The summed E-state index contributed by atoms with van der Waals surface area (Å²) >= 11 is 3.52. The Balaban J connectivity index is 1.95. The Labute approximate surface area is 131 Å². The maximum absolute atomic E-state index is 12.2. The standard InChI is InChI=1S/C16H15BrN2O2/c1-21-9-10-5-2-3-7-12(10)18-15-14-11(17)6-4-8-13(14)19-16(15)20/h2-8,15,18H,9H2,1H3,(H,19,20). The van der Waals surface area contributed by atoms with Crippen molar-refractivity contribution < 1.29 is 9.53 Å². The second-order valence-corrected chi connectivity index (χ2v) is 5.71. The predicted molar refractivity (Wildman–Crippen MR) is 86.3 cm³/mol. The van der Waals surface area contributed by atoms with Crippen LogP contribution in [-0.4, -0.2) is 13.0 Å². The van der Waals surface area contributed by atoms with Crippen molar-refractivity contribution in [2.24, 2.45) is 0 Å². The highest BCUT2D eigenvalue weighted by Gasteiger charge is 2.32. The number of methoxy groups -OCH3 is 1. The number of fused-ring (bicyclic) bond motifs is 1. The van der Waals surface area contributed by atoms with Gasteiger partial charge in [-0.1, -0.05) is 40.2 Å². The number of carbonyl (C=O) groups excluding carboxylic acids is 1. The fraction of sp³-hybridized carbons (Fsp3) is 0.188. The molecule has 2 aromatic rings. The molecule has 4 nitrogen and oxygen atoms in total. The van der Waals surface area contributed by atoms with Crippen LogP contribution in [0.4, 0.5) is 11.4 Å². The smallest absolute Gasteiger partial charge is 0.251 e. The van der Waals surface area contributed by atoms with Crippen LogP contribution in [-0.2, 0) is 16.1 Å². The van der Waals surface area contributed by atoms with Gasteiger partial charge in [-0.2, -0.15) is 0 Å². The number of carbonyl (C=O) groups is 1. The van der Waals surface area contributed by atoms with E-state index in [1.807, 2.05) is 42.5 Å². The number of para-hydroxylation sites is 1. The number of hydrogen-bond donors (Lipinski definition) is 2. The maximum atomic E-state index is 12.2. The zero-order valence-electron chi connectivity index (χ0n) is 11.5. The van der Waals surface area contributed by atoms with Gasteiger partial charge in [0, 0.05) is 34.1 Å². The van der Waals surface area contributed by atoms with E-state index in [1.165, 1.54) is 0 Å². The molecule has 0 bridgehead atoms. The van der Waals surface area contributed by atoms with Gasteiger partial charge in [-0.05, 0) is 18.2 Å². The number of hydrogen-bond acceptors (Lipinski definition) is 3. The molecule has 1 heterocycles. The summed E-state index contributed by atoms with van der Waals surface area (Å²) in [6, 6.07) is 13.2. The van der Waals surface area contributed by atoms with E-state index in [9.17, 15) is 4.79 Å². The summed E-state index contributed by atoms with van der Waals surface area (Å²) in [7, 11) is 1.66. The first-order chi connectivity index (χ1) is 10.2. The van der Waals surface area contributed by atoms with E-state index >= 15 is 0 Å². The Morgan fingerprint density at radius 2 is 2.05 bits per heavy atom. The monoisotopic (exact) mass is 346 g/mol. The van der Waals surface area contributed by atoms with E-state index in [0.29, 0.717) is 6.61 Å². The van der Waals surface area contributed by atoms with Crippen molar-refractivity contribution in [3.8, 4) is 0 Å². The molecule has 108 valence electrons. The van der Waals surface area contributed by atoms with E-state index in [0.717, 1.165) is 27.0 Å². The number of nitrogens with one attached hydrogen (secondary N) is 2. The second-order valence-electron chi connectivity index (χ2n) is 4.86. The summed E-state index contributed by atoms with van der Waals surface area (Å²) in [6.45, 7) is 0.500. The third-order valence-corrected chi connectivity index (χ3v) is 4.17. The summed E-state index contributed by atoms with van der Waals surface area (Å²) < 4.78 is 6.12. The van der Waals surface area contributed by atoms with E-state index in [4.69, 9.17) is 4.74 Å². The van der Waals surface area contributed by atoms with Crippen molar-refractivity contribution in [2.75, 3.05) is 17.7 Å².